The highest BCUT2D eigenvalue weighted by Crippen LogP contribution is 2.22. The summed E-state index contributed by atoms with van der Waals surface area (Å²) in [6, 6.07) is 7.29. The molecule has 1 aromatic rings. The van der Waals surface area contributed by atoms with Crippen molar-refractivity contribution in [1.29, 1.82) is 0 Å². The molecule has 0 radical (unpaired) electrons. The van der Waals surface area contributed by atoms with Crippen molar-refractivity contribution in [3.8, 4) is 0 Å². The number of rotatable bonds is 5. The van der Waals surface area contributed by atoms with E-state index in [1.165, 1.54) is 0 Å². The summed E-state index contributed by atoms with van der Waals surface area (Å²) in [5, 5.41) is 9.08. The van der Waals surface area contributed by atoms with Gasteiger partial charge in [-0.1, -0.05) is 29.8 Å². The van der Waals surface area contributed by atoms with Gasteiger partial charge in [-0.2, -0.15) is 0 Å². The van der Waals surface area contributed by atoms with Gasteiger partial charge in [0.1, 0.15) is 0 Å². The maximum absolute atomic E-state index is 11.1. The summed E-state index contributed by atoms with van der Waals surface area (Å²) in [4.78, 5) is 21.7. The average molecular weight is 221 g/mol. The third-order valence-corrected chi connectivity index (χ3v) is 2.42. The Morgan fingerprint density at radius 2 is 2.12 bits per heavy atom. The van der Waals surface area contributed by atoms with Crippen LogP contribution in [-0.4, -0.2) is 17.0 Å². The number of hydrogen-bond donors (Lipinski definition) is 2. The summed E-state index contributed by atoms with van der Waals surface area (Å²) in [6.45, 7) is 1.90. The number of carboxylic acid groups (broad SMARTS) is 1. The molecule has 1 aromatic carbocycles. The van der Waals surface area contributed by atoms with Crippen LogP contribution < -0.4 is 5.73 Å². The van der Waals surface area contributed by atoms with Gasteiger partial charge in [0, 0.05) is 6.42 Å². The van der Waals surface area contributed by atoms with Gasteiger partial charge in [0.25, 0.3) is 0 Å². The predicted octanol–water partition coefficient (Wildman–Crippen LogP) is 1.43. The molecule has 86 valence electrons. The van der Waals surface area contributed by atoms with E-state index in [-0.39, 0.29) is 12.8 Å². The maximum atomic E-state index is 11.1. The molecule has 4 heteroatoms. The molecular formula is C12H15NO3. The smallest absolute Gasteiger partial charge is 0.310 e. The first kappa shape index (κ1) is 12.2. The lowest BCUT2D eigenvalue weighted by Crippen LogP contribution is -2.17. The zero-order valence-electron chi connectivity index (χ0n) is 9.14. The minimum absolute atomic E-state index is 0.0882. The van der Waals surface area contributed by atoms with Crippen molar-refractivity contribution < 1.29 is 14.7 Å². The van der Waals surface area contributed by atoms with E-state index >= 15 is 0 Å². The van der Waals surface area contributed by atoms with Gasteiger partial charge in [-0.25, -0.2) is 0 Å². The Kier molecular flexibility index (Phi) is 4.05. The molecule has 3 N–H and O–H groups in total. The monoisotopic (exact) mass is 221 g/mol. The molecule has 0 spiro atoms. The van der Waals surface area contributed by atoms with E-state index in [0.29, 0.717) is 5.56 Å². The Labute approximate surface area is 94.1 Å². The summed E-state index contributed by atoms with van der Waals surface area (Å²) < 4.78 is 0. The van der Waals surface area contributed by atoms with E-state index in [2.05, 4.69) is 0 Å². The van der Waals surface area contributed by atoms with Crippen molar-refractivity contribution in [1.82, 2.24) is 0 Å². The summed E-state index contributed by atoms with van der Waals surface area (Å²) in [5.74, 6) is -2.06. The zero-order valence-corrected chi connectivity index (χ0v) is 9.14. The normalized spacial score (nSPS) is 12.1. The molecule has 0 heterocycles. The van der Waals surface area contributed by atoms with E-state index in [4.69, 9.17) is 10.8 Å². The molecule has 1 rings (SSSR count). The van der Waals surface area contributed by atoms with Crippen LogP contribution in [0.1, 0.15) is 29.9 Å². The lowest BCUT2D eigenvalue weighted by atomic mass is 9.93. The van der Waals surface area contributed by atoms with Crippen LogP contribution in [0, 0.1) is 6.92 Å². The lowest BCUT2D eigenvalue weighted by molar-refractivity contribution is -0.139. The number of nitrogens with two attached hydrogens (primary N) is 1. The van der Waals surface area contributed by atoms with Crippen molar-refractivity contribution in [2.24, 2.45) is 5.73 Å². The maximum Gasteiger partial charge on any atom is 0.310 e. The van der Waals surface area contributed by atoms with Gasteiger partial charge in [-0.05, 0) is 18.9 Å². The molecule has 0 aromatic heterocycles. The van der Waals surface area contributed by atoms with E-state index in [1.807, 2.05) is 25.1 Å². The van der Waals surface area contributed by atoms with Gasteiger partial charge in [-0.3, -0.25) is 9.59 Å². The topological polar surface area (TPSA) is 80.4 Å². The van der Waals surface area contributed by atoms with Crippen LogP contribution in [0.25, 0.3) is 0 Å². The molecule has 0 saturated heterocycles. The average Bonchev–Trinajstić information content (AvgIpc) is 2.17. The fraction of sp³-hybridized carbons (Fsp3) is 0.333. The first-order chi connectivity index (χ1) is 7.50. The standard InChI is InChI=1S/C12H15NO3/c1-8-3-2-4-9(7-8)10(12(15)16)5-6-11(13)14/h2-4,7,10H,5-6H2,1H3,(H2,13,14)(H,15,16). The van der Waals surface area contributed by atoms with Crippen LogP contribution in [0.15, 0.2) is 24.3 Å². The number of benzene rings is 1. The van der Waals surface area contributed by atoms with E-state index in [0.717, 1.165) is 5.56 Å². The lowest BCUT2D eigenvalue weighted by Gasteiger charge is -2.12. The molecule has 0 aliphatic rings. The highest BCUT2D eigenvalue weighted by molar-refractivity contribution is 5.78. The number of aryl methyl sites for hydroxylation is 1. The van der Waals surface area contributed by atoms with Crippen molar-refractivity contribution in [2.75, 3.05) is 0 Å². The number of hydrogen-bond acceptors (Lipinski definition) is 2. The van der Waals surface area contributed by atoms with Gasteiger partial charge in [0.05, 0.1) is 5.92 Å². The molecule has 16 heavy (non-hydrogen) atoms. The third kappa shape index (κ3) is 3.38. The molecule has 0 bridgehead atoms. The molecule has 0 aliphatic carbocycles. The Hall–Kier alpha value is -1.84. The second kappa shape index (κ2) is 5.30. The Bertz CT molecular complexity index is 401. The highest BCUT2D eigenvalue weighted by atomic mass is 16.4. The number of primary amides is 1. The Morgan fingerprint density at radius 1 is 1.44 bits per heavy atom. The molecular weight excluding hydrogens is 206 g/mol. The van der Waals surface area contributed by atoms with E-state index in [1.54, 1.807) is 6.07 Å². The zero-order chi connectivity index (χ0) is 12.1. The van der Waals surface area contributed by atoms with E-state index in [9.17, 15) is 9.59 Å². The van der Waals surface area contributed by atoms with Crippen molar-refractivity contribution in [3.63, 3.8) is 0 Å². The number of amides is 1. The summed E-state index contributed by atoms with van der Waals surface area (Å²) in [6.07, 6.45) is 0.332. The van der Waals surface area contributed by atoms with Crippen LogP contribution in [-0.2, 0) is 9.59 Å². The summed E-state index contributed by atoms with van der Waals surface area (Å²) in [5.41, 5.74) is 6.74. The summed E-state index contributed by atoms with van der Waals surface area (Å²) in [7, 11) is 0. The molecule has 1 unspecified atom stereocenters. The second-order valence-electron chi connectivity index (χ2n) is 3.81. The van der Waals surface area contributed by atoms with Crippen molar-refractivity contribution >= 4 is 11.9 Å². The number of aliphatic carboxylic acids is 1. The van der Waals surface area contributed by atoms with Gasteiger partial charge in [0.2, 0.25) is 5.91 Å². The fourth-order valence-corrected chi connectivity index (χ4v) is 1.61. The van der Waals surface area contributed by atoms with Gasteiger partial charge in [0.15, 0.2) is 0 Å². The number of carboxylic acids is 1. The van der Waals surface area contributed by atoms with E-state index < -0.39 is 17.8 Å². The molecule has 1 amide bonds. The molecule has 0 saturated carbocycles. The first-order valence-electron chi connectivity index (χ1n) is 5.08. The first-order valence-corrected chi connectivity index (χ1v) is 5.08. The van der Waals surface area contributed by atoms with Gasteiger partial charge >= 0.3 is 5.97 Å². The minimum Gasteiger partial charge on any atom is -0.481 e. The molecule has 1 atom stereocenters. The van der Waals surface area contributed by atoms with Crippen molar-refractivity contribution in [2.45, 2.75) is 25.7 Å². The molecule has 4 nitrogen and oxygen atoms in total. The Balaban J connectivity index is 2.85. The summed E-state index contributed by atoms with van der Waals surface area (Å²) >= 11 is 0. The van der Waals surface area contributed by atoms with Crippen LogP contribution in [0.3, 0.4) is 0 Å². The highest BCUT2D eigenvalue weighted by Gasteiger charge is 2.20. The minimum atomic E-state index is -0.924. The second-order valence-corrected chi connectivity index (χ2v) is 3.81. The third-order valence-electron chi connectivity index (χ3n) is 2.42. The SMILES string of the molecule is Cc1cccc(C(CCC(N)=O)C(=O)O)c1. The van der Waals surface area contributed by atoms with Crippen molar-refractivity contribution in [3.05, 3.63) is 35.4 Å². The fourth-order valence-electron chi connectivity index (χ4n) is 1.61. The quantitative estimate of drug-likeness (QED) is 0.789. The number of carbonyl (C=O) groups is 2. The van der Waals surface area contributed by atoms with Gasteiger partial charge < -0.3 is 10.8 Å². The van der Waals surface area contributed by atoms with Crippen LogP contribution in [0.2, 0.25) is 0 Å². The predicted molar refractivity (Wildman–Crippen MR) is 60.0 cm³/mol. The molecule has 0 aliphatic heterocycles. The number of carbonyl (C=O) groups excluding carboxylic acids is 1. The van der Waals surface area contributed by atoms with Crippen LogP contribution >= 0.6 is 0 Å². The largest absolute Gasteiger partial charge is 0.481 e. The van der Waals surface area contributed by atoms with Gasteiger partial charge in [-0.15, -0.1) is 0 Å². The molecule has 0 fully saturated rings. The Morgan fingerprint density at radius 3 is 2.62 bits per heavy atom. The van der Waals surface area contributed by atoms with Crippen LogP contribution in [0.4, 0.5) is 0 Å². The van der Waals surface area contributed by atoms with Crippen LogP contribution in [0.5, 0.6) is 0 Å².